The number of anilines is 1. The molecule has 0 radical (unpaired) electrons. The lowest BCUT2D eigenvalue weighted by Crippen LogP contribution is -2.12. The molecule has 1 aromatic carbocycles. The van der Waals surface area contributed by atoms with Gasteiger partial charge in [-0.05, 0) is 5.56 Å². The number of aromatic nitrogens is 3. The lowest BCUT2D eigenvalue weighted by molar-refractivity contribution is 0.102. The van der Waals surface area contributed by atoms with E-state index in [1.54, 1.807) is 17.0 Å². The Labute approximate surface area is 113 Å². The van der Waals surface area contributed by atoms with Gasteiger partial charge in [0, 0.05) is 11.4 Å². The third-order valence-corrected chi connectivity index (χ3v) is 3.16. The van der Waals surface area contributed by atoms with Gasteiger partial charge in [0.1, 0.15) is 5.69 Å². The minimum Gasteiger partial charge on any atom is -0.304 e. The highest BCUT2D eigenvalue weighted by Gasteiger charge is 2.10. The van der Waals surface area contributed by atoms with Gasteiger partial charge in [-0.15, -0.1) is 11.3 Å². The molecule has 2 heterocycles. The van der Waals surface area contributed by atoms with Crippen LogP contribution >= 0.6 is 11.3 Å². The van der Waals surface area contributed by atoms with E-state index in [1.807, 2.05) is 30.3 Å². The van der Waals surface area contributed by atoms with Crippen LogP contribution in [-0.2, 0) is 0 Å². The Morgan fingerprint density at radius 1 is 1.26 bits per heavy atom. The Bertz CT molecular complexity index is 676. The van der Waals surface area contributed by atoms with Gasteiger partial charge in [0.25, 0.3) is 5.91 Å². The molecular formula is C13H10N4OS. The summed E-state index contributed by atoms with van der Waals surface area (Å²) in [6, 6.07) is 11.6. The topological polar surface area (TPSA) is 70.7 Å². The fraction of sp³-hybridized carbons (Fsp3) is 0. The highest BCUT2D eigenvalue weighted by Crippen LogP contribution is 2.19. The van der Waals surface area contributed by atoms with E-state index < -0.39 is 0 Å². The Balaban J connectivity index is 1.77. The molecule has 19 heavy (non-hydrogen) atoms. The van der Waals surface area contributed by atoms with Gasteiger partial charge in [0.15, 0.2) is 5.82 Å². The summed E-state index contributed by atoms with van der Waals surface area (Å²) in [5.74, 6) is 0.226. The van der Waals surface area contributed by atoms with Crippen molar-refractivity contribution in [2.45, 2.75) is 0 Å². The number of carbonyl (C=O) groups excluding carboxylic acids is 1. The molecule has 3 rings (SSSR count). The normalized spacial score (nSPS) is 10.3. The zero-order valence-corrected chi connectivity index (χ0v) is 10.6. The van der Waals surface area contributed by atoms with Gasteiger partial charge in [-0.1, -0.05) is 30.3 Å². The number of nitrogens with zero attached hydrogens (tertiary/aromatic N) is 2. The van der Waals surface area contributed by atoms with Crippen LogP contribution < -0.4 is 5.32 Å². The van der Waals surface area contributed by atoms with Crippen molar-refractivity contribution in [1.82, 2.24) is 15.2 Å². The van der Waals surface area contributed by atoms with E-state index in [9.17, 15) is 4.79 Å². The third kappa shape index (κ3) is 2.53. The number of amides is 1. The van der Waals surface area contributed by atoms with Gasteiger partial charge >= 0.3 is 0 Å². The first kappa shape index (κ1) is 11.6. The molecule has 0 aliphatic carbocycles. The van der Waals surface area contributed by atoms with Gasteiger partial charge in [-0.3, -0.25) is 9.89 Å². The van der Waals surface area contributed by atoms with Crippen LogP contribution in [0, 0.1) is 0 Å². The van der Waals surface area contributed by atoms with E-state index in [0.29, 0.717) is 11.5 Å². The van der Waals surface area contributed by atoms with Crippen molar-refractivity contribution < 1.29 is 4.79 Å². The first-order valence-corrected chi connectivity index (χ1v) is 6.57. The Morgan fingerprint density at radius 2 is 2.11 bits per heavy atom. The number of carbonyl (C=O) groups is 1. The van der Waals surface area contributed by atoms with Crippen LogP contribution in [0.1, 0.15) is 10.5 Å². The molecule has 6 heteroatoms. The largest absolute Gasteiger partial charge is 0.304 e. The average Bonchev–Trinajstić information content (AvgIpc) is 3.11. The minimum atomic E-state index is -0.257. The lowest BCUT2D eigenvalue weighted by atomic mass is 10.2. The summed E-state index contributed by atoms with van der Waals surface area (Å²) < 4.78 is 0. The van der Waals surface area contributed by atoms with Gasteiger partial charge in [-0.2, -0.15) is 5.10 Å². The van der Waals surface area contributed by atoms with E-state index in [-0.39, 0.29) is 5.91 Å². The maximum atomic E-state index is 11.8. The van der Waals surface area contributed by atoms with Gasteiger partial charge in [0.05, 0.1) is 11.2 Å². The molecular weight excluding hydrogens is 260 g/mol. The molecule has 0 saturated carbocycles. The second-order valence-corrected chi connectivity index (χ2v) is 4.58. The van der Waals surface area contributed by atoms with Crippen molar-refractivity contribution in [3.63, 3.8) is 0 Å². The first-order valence-electron chi connectivity index (χ1n) is 5.63. The van der Waals surface area contributed by atoms with Gasteiger partial charge in [-0.25, -0.2) is 4.98 Å². The Morgan fingerprint density at radius 3 is 2.84 bits per heavy atom. The van der Waals surface area contributed by atoms with E-state index in [2.05, 4.69) is 20.5 Å². The summed E-state index contributed by atoms with van der Waals surface area (Å²) in [7, 11) is 0. The predicted molar refractivity (Wildman–Crippen MR) is 74.1 cm³/mol. The number of H-pyrrole nitrogens is 1. The van der Waals surface area contributed by atoms with Crippen LogP contribution in [-0.4, -0.2) is 21.1 Å². The monoisotopic (exact) mass is 270 g/mol. The van der Waals surface area contributed by atoms with Crippen molar-refractivity contribution >= 4 is 23.1 Å². The van der Waals surface area contributed by atoms with Gasteiger partial charge < -0.3 is 5.32 Å². The molecule has 2 aromatic heterocycles. The zero-order chi connectivity index (χ0) is 13.1. The number of hydrogen-bond donors (Lipinski definition) is 2. The molecule has 94 valence electrons. The maximum absolute atomic E-state index is 11.8. The van der Waals surface area contributed by atoms with Crippen molar-refractivity contribution in [3.8, 4) is 11.3 Å². The number of benzene rings is 1. The number of hydrogen-bond acceptors (Lipinski definition) is 4. The fourth-order valence-corrected chi connectivity index (χ4v) is 2.19. The standard InChI is InChI=1S/C13H10N4OS/c18-13(11-7-19-8-14-11)15-12-6-10(16-17-12)9-4-2-1-3-5-9/h1-8H,(H2,15,16,17,18). The van der Waals surface area contributed by atoms with Crippen molar-refractivity contribution in [3.05, 3.63) is 53.0 Å². The summed E-state index contributed by atoms with van der Waals surface area (Å²) in [4.78, 5) is 15.7. The Hall–Kier alpha value is -2.47. The molecule has 0 saturated heterocycles. The van der Waals surface area contributed by atoms with E-state index in [4.69, 9.17) is 0 Å². The first-order chi connectivity index (χ1) is 9.33. The highest BCUT2D eigenvalue weighted by molar-refractivity contribution is 7.07. The molecule has 2 N–H and O–H groups in total. The molecule has 0 bridgehead atoms. The van der Waals surface area contributed by atoms with E-state index in [0.717, 1.165) is 11.3 Å². The second kappa shape index (κ2) is 5.03. The molecule has 0 spiro atoms. The van der Waals surface area contributed by atoms with Crippen molar-refractivity contribution in [2.75, 3.05) is 5.32 Å². The molecule has 0 unspecified atom stereocenters. The molecule has 3 aromatic rings. The number of thiazole rings is 1. The summed E-state index contributed by atoms with van der Waals surface area (Å²) in [6.45, 7) is 0. The summed E-state index contributed by atoms with van der Waals surface area (Å²) >= 11 is 1.38. The van der Waals surface area contributed by atoms with Crippen LogP contribution in [0.15, 0.2) is 47.3 Å². The molecule has 0 aliphatic rings. The summed E-state index contributed by atoms with van der Waals surface area (Å²) in [5, 5.41) is 11.3. The van der Waals surface area contributed by atoms with Gasteiger partial charge in [0.2, 0.25) is 0 Å². The molecule has 0 fully saturated rings. The van der Waals surface area contributed by atoms with Crippen molar-refractivity contribution in [2.24, 2.45) is 0 Å². The summed E-state index contributed by atoms with van der Waals surface area (Å²) in [5.41, 5.74) is 3.89. The van der Waals surface area contributed by atoms with Crippen LogP contribution in [0.4, 0.5) is 5.82 Å². The van der Waals surface area contributed by atoms with Crippen molar-refractivity contribution in [1.29, 1.82) is 0 Å². The summed E-state index contributed by atoms with van der Waals surface area (Å²) in [6.07, 6.45) is 0. The minimum absolute atomic E-state index is 0.257. The number of rotatable bonds is 3. The van der Waals surface area contributed by atoms with Crippen LogP contribution in [0.2, 0.25) is 0 Å². The lowest BCUT2D eigenvalue weighted by Gasteiger charge is -1.97. The fourth-order valence-electron chi connectivity index (χ4n) is 1.66. The number of nitrogens with one attached hydrogen (secondary N) is 2. The third-order valence-electron chi connectivity index (χ3n) is 2.57. The van der Waals surface area contributed by atoms with Crippen LogP contribution in [0.5, 0.6) is 0 Å². The highest BCUT2D eigenvalue weighted by atomic mass is 32.1. The quantitative estimate of drug-likeness (QED) is 0.768. The molecule has 5 nitrogen and oxygen atoms in total. The molecule has 0 aliphatic heterocycles. The predicted octanol–water partition coefficient (Wildman–Crippen LogP) is 2.79. The zero-order valence-electron chi connectivity index (χ0n) is 9.83. The molecule has 1 amide bonds. The SMILES string of the molecule is O=C(Nc1cc(-c2ccccc2)[nH]n1)c1cscn1. The van der Waals surface area contributed by atoms with E-state index >= 15 is 0 Å². The smallest absolute Gasteiger partial charge is 0.276 e. The van der Waals surface area contributed by atoms with Crippen LogP contribution in [0.25, 0.3) is 11.3 Å². The molecule has 0 atom stereocenters. The average molecular weight is 270 g/mol. The second-order valence-electron chi connectivity index (χ2n) is 3.86. The van der Waals surface area contributed by atoms with Crippen LogP contribution in [0.3, 0.4) is 0 Å². The Kier molecular flexibility index (Phi) is 3.07. The maximum Gasteiger partial charge on any atom is 0.276 e. The van der Waals surface area contributed by atoms with E-state index in [1.165, 1.54) is 11.3 Å². The number of aromatic amines is 1.